The van der Waals surface area contributed by atoms with Crippen molar-refractivity contribution in [3.63, 3.8) is 0 Å². The van der Waals surface area contributed by atoms with Gasteiger partial charge in [-0.15, -0.1) is 11.3 Å². The summed E-state index contributed by atoms with van der Waals surface area (Å²) in [5.74, 6) is 1.96. The zero-order valence-corrected chi connectivity index (χ0v) is 16.0. The van der Waals surface area contributed by atoms with Gasteiger partial charge in [0.1, 0.15) is 22.0 Å². The first-order valence-corrected chi connectivity index (χ1v) is 9.89. The Morgan fingerprint density at radius 2 is 1.52 bits per heavy atom. The summed E-state index contributed by atoms with van der Waals surface area (Å²) in [6.07, 6.45) is 5.22. The van der Waals surface area contributed by atoms with Gasteiger partial charge in [-0.2, -0.15) is 0 Å². The predicted octanol–water partition coefficient (Wildman–Crippen LogP) is 4.22. The van der Waals surface area contributed by atoms with E-state index in [4.69, 9.17) is 4.98 Å². The van der Waals surface area contributed by atoms with Crippen LogP contribution in [0.15, 0.2) is 72.5 Å². The van der Waals surface area contributed by atoms with E-state index in [9.17, 15) is 0 Å². The van der Waals surface area contributed by atoms with Gasteiger partial charge < -0.3 is 5.32 Å². The van der Waals surface area contributed by atoms with Gasteiger partial charge >= 0.3 is 0 Å². The van der Waals surface area contributed by atoms with Crippen molar-refractivity contribution in [3.05, 3.63) is 78.2 Å². The number of thiophene rings is 1. The molecule has 1 N–H and O–H groups in total. The van der Waals surface area contributed by atoms with Crippen LogP contribution in [0.1, 0.15) is 5.69 Å². The van der Waals surface area contributed by atoms with Gasteiger partial charge in [-0.3, -0.25) is 9.97 Å². The van der Waals surface area contributed by atoms with Gasteiger partial charge in [-0.25, -0.2) is 19.9 Å². The molecule has 5 rings (SSSR count). The van der Waals surface area contributed by atoms with Crippen molar-refractivity contribution < 1.29 is 0 Å². The minimum Gasteiger partial charge on any atom is -0.364 e. The number of nitrogens with one attached hydrogen (secondary N) is 1. The van der Waals surface area contributed by atoms with E-state index in [0.717, 1.165) is 33.1 Å². The van der Waals surface area contributed by atoms with Crippen molar-refractivity contribution >= 4 is 27.4 Å². The third kappa shape index (κ3) is 3.65. The van der Waals surface area contributed by atoms with Crippen LogP contribution in [-0.4, -0.2) is 29.9 Å². The summed E-state index contributed by atoms with van der Waals surface area (Å²) in [5.41, 5.74) is 2.33. The molecule has 0 saturated heterocycles. The molecule has 0 fully saturated rings. The van der Waals surface area contributed by atoms with Gasteiger partial charge in [0.15, 0.2) is 11.6 Å². The first-order chi connectivity index (χ1) is 14.4. The van der Waals surface area contributed by atoms with Crippen LogP contribution in [0.25, 0.3) is 33.3 Å². The van der Waals surface area contributed by atoms with Crippen LogP contribution < -0.4 is 5.32 Å². The number of pyridine rings is 2. The molecule has 140 valence electrons. The summed E-state index contributed by atoms with van der Waals surface area (Å²) >= 11 is 1.58. The Labute approximate surface area is 170 Å². The fraction of sp³-hybridized carbons (Fsp3) is 0.0476. The molecule has 0 radical (unpaired) electrons. The van der Waals surface area contributed by atoms with E-state index in [1.165, 1.54) is 0 Å². The van der Waals surface area contributed by atoms with Gasteiger partial charge in [0.2, 0.25) is 0 Å². The Morgan fingerprint density at radius 3 is 2.28 bits per heavy atom. The second-order valence-electron chi connectivity index (χ2n) is 6.19. The highest BCUT2D eigenvalue weighted by Crippen LogP contribution is 2.28. The number of hydrogen-bond acceptors (Lipinski definition) is 8. The Hall–Kier alpha value is -3.78. The highest BCUT2D eigenvalue weighted by atomic mass is 32.1. The maximum atomic E-state index is 4.71. The molecule has 0 aromatic carbocycles. The van der Waals surface area contributed by atoms with Gasteiger partial charge in [0.05, 0.1) is 17.6 Å². The molecule has 0 aliphatic carbocycles. The van der Waals surface area contributed by atoms with Crippen LogP contribution in [-0.2, 0) is 6.54 Å². The lowest BCUT2D eigenvalue weighted by molar-refractivity contribution is 0.996. The Morgan fingerprint density at radius 1 is 0.724 bits per heavy atom. The van der Waals surface area contributed by atoms with Crippen molar-refractivity contribution in [2.75, 3.05) is 5.32 Å². The van der Waals surface area contributed by atoms with Crippen LogP contribution >= 0.6 is 11.3 Å². The molecule has 7 nitrogen and oxygen atoms in total. The van der Waals surface area contributed by atoms with E-state index in [2.05, 4.69) is 30.2 Å². The topological polar surface area (TPSA) is 89.4 Å². The summed E-state index contributed by atoms with van der Waals surface area (Å²) in [7, 11) is 0. The average Bonchev–Trinajstić information content (AvgIpc) is 3.28. The lowest BCUT2D eigenvalue weighted by Gasteiger charge is -2.09. The second-order valence-corrected chi connectivity index (χ2v) is 7.08. The van der Waals surface area contributed by atoms with E-state index in [0.29, 0.717) is 18.2 Å². The second kappa shape index (κ2) is 7.69. The predicted molar refractivity (Wildman–Crippen MR) is 113 cm³/mol. The third-order valence-electron chi connectivity index (χ3n) is 4.26. The molecule has 8 heteroatoms. The number of nitrogens with zero attached hydrogens (tertiary/aromatic N) is 6. The van der Waals surface area contributed by atoms with Crippen LogP contribution in [0.5, 0.6) is 0 Å². The molecule has 0 amide bonds. The molecule has 0 unspecified atom stereocenters. The monoisotopic (exact) mass is 397 g/mol. The maximum Gasteiger partial charge on any atom is 0.181 e. The number of rotatable bonds is 5. The third-order valence-corrected chi connectivity index (χ3v) is 5.07. The number of hydrogen-bond donors (Lipinski definition) is 1. The molecule has 0 aliphatic heterocycles. The highest BCUT2D eigenvalue weighted by molar-refractivity contribution is 7.16. The van der Waals surface area contributed by atoms with E-state index >= 15 is 0 Å². The quantitative estimate of drug-likeness (QED) is 0.475. The van der Waals surface area contributed by atoms with Gasteiger partial charge in [-0.1, -0.05) is 12.1 Å². The van der Waals surface area contributed by atoms with Crippen molar-refractivity contribution in [3.8, 4) is 23.0 Å². The van der Waals surface area contributed by atoms with Crippen molar-refractivity contribution in [1.29, 1.82) is 0 Å². The number of aromatic nitrogens is 6. The average molecular weight is 397 g/mol. The standard InChI is InChI=1S/C21H15N7S/c1-3-9-22-16(5-1)19-24-11-7-14(26-19)13-25-18-15-8-12-29-21(15)28-20(27-18)17-6-2-4-10-23-17/h1-12H,13H2,(H,25,27,28). The Balaban J connectivity index is 1.45. The Kier molecular flexibility index (Phi) is 4.59. The maximum absolute atomic E-state index is 4.71. The Bertz CT molecular complexity index is 1260. The zero-order valence-electron chi connectivity index (χ0n) is 15.2. The van der Waals surface area contributed by atoms with Crippen LogP contribution in [0.3, 0.4) is 0 Å². The van der Waals surface area contributed by atoms with Crippen LogP contribution in [0, 0.1) is 0 Å². The summed E-state index contributed by atoms with van der Waals surface area (Å²) in [6.45, 7) is 0.506. The zero-order chi connectivity index (χ0) is 19.5. The van der Waals surface area contributed by atoms with Gasteiger partial charge in [-0.05, 0) is 41.8 Å². The van der Waals surface area contributed by atoms with Gasteiger partial charge in [0.25, 0.3) is 0 Å². The normalized spacial score (nSPS) is 10.9. The lowest BCUT2D eigenvalue weighted by atomic mass is 10.3. The molecule has 0 atom stereocenters. The molecule has 0 aliphatic rings. The van der Waals surface area contributed by atoms with Crippen molar-refractivity contribution in [2.24, 2.45) is 0 Å². The summed E-state index contributed by atoms with van der Waals surface area (Å²) < 4.78 is 0. The van der Waals surface area contributed by atoms with E-state index < -0.39 is 0 Å². The van der Waals surface area contributed by atoms with E-state index in [-0.39, 0.29) is 0 Å². The lowest BCUT2D eigenvalue weighted by Crippen LogP contribution is -2.06. The molecule has 0 spiro atoms. The largest absolute Gasteiger partial charge is 0.364 e. The summed E-state index contributed by atoms with van der Waals surface area (Å²) in [6, 6.07) is 15.3. The van der Waals surface area contributed by atoms with E-state index in [1.807, 2.05) is 53.9 Å². The van der Waals surface area contributed by atoms with Crippen LogP contribution in [0.4, 0.5) is 5.82 Å². The fourth-order valence-electron chi connectivity index (χ4n) is 2.89. The molecular weight excluding hydrogens is 382 g/mol. The molecule has 29 heavy (non-hydrogen) atoms. The summed E-state index contributed by atoms with van der Waals surface area (Å²) in [4.78, 5) is 27.9. The minimum atomic E-state index is 0.506. The number of anilines is 1. The number of fused-ring (bicyclic) bond motifs is 1. The van der Waals surface area contributed by atoms with Crippen molar-refractivity contribution in [2.45, 2.75) is 6.54 Å². The molecule has 0 saturated carbocycles. The summed E-state index contributed by atoms with van der Waals surface area (Å²) in [5, 5.41) is 6.39. The van der Waals surface area contributed by atoms with Gasteiger partial charge in [0, 0.05) is 18.6 Å². The van der Waals surface area contributed by atoms with Crippen molar-refractivity contribution in [1.82, 2.24) is 29.9 Å². The molecule has 0 bridgehead atoms. The SMILES string of the molecule is c1ccc(-c2nccc(CNc3nc(-c4ccccn4)nc4sccc34)n2)nc1. The molecular formula is C21H15N7S. The highest BCUT2D eigenvalue weighted by Gasteiger charge is 2.12. The first kappa shape index (κ1) is 17.3. The first-order valence-electron chi connectivity index (χ1n) is 9.01. The molecule has 5 aromatic heterocycles. The minimum absolute atomic E-state index is 0.506. The fourth-order valence-corrected chi connectivity index (χ4v) is 3.65. The van der Waals surface area contributed by atoms with Crippen LogP contribution in [0.2, 0.25) is 0 Å². The molecule has 5 heterocycles. The van der Waals surface area contributed by atoms with E-state index in [1.54, 1.807) is 29.9 Å². The molecule has 5 aromatic rings. The smallest absolute Gasteiger partial charge is 0.181 e.